The zero-order valence-corrected chi connectivity index (χ0v) is 11.1. The zero-order chi connectivity index (χ0) is 13.4. The van der Waals surface area contributed by atoms with Gasteiger partial charge in [-0.05, 0) is 25.1 Å². The van der Waals surface area contributed by atoms with E-state index in [0.29, 0.717) is 6.54 Å². The summed E-state index contributed by atoms with van der Waals surface area (Å²) >= 11 is 0. The molecule has 19 heavy (non-hydrogen) atoms. The topological polar surface area (TPSA) is 45.5 Å². The maximum Gasteiger partial charge on any atom is 0.304 e. The minimum Gasteiger partial charge on any atom is -0.481 e. The second kappa shape index (κ2) is 4.70. The summed E-state index contributed by atoms with van der Waals surface area (Å²) in [4.78, 5) is 12.9. The number of benzene rings is 1. The van der Waals surface area contributed by atoms with E-state index in [-0.39, 0.29) is 6.42 Å². The highest BCUT2D eigenvalue weighted by Crippen LogP contribution is 2.25. The Morgan fingerprint density at radius 3 is 2.95 bits per heavy atom. The van der Waals surface area contributed by atoms with E-state index < -0.39 is 5.97 Å². The average molecular weight is 258 g/mol. The fourth-order valence-electron chi connectivity index (χ4n) is 2.84. The number of fused-ring (bicyclic) bond motifs is 3. The van der Waals surface area contributed by atoms with Crippen molar-refractivity contribution in [1.82, 2.24) is 9.47 Å². The highest BCUT2D eigenvalue weighted by atomic mass is 16.4. The monoisotopic (exact) mass is 258 g/mol. The highest BCUT2D eigenvalue weighted by molar-refractivity contribution is 5.82. The largest absolute Gasteiger partial charge is 0.481 e. The third kappa shape index (κ3) is 2.36. The molecular formula is C15H18N2O2. The van der Waals surface area contributed by atoms with Gasteiger partial charge < -0.3 is 9.67 Å². The lowest BCUT2D eigenvalue weighted by molar-refractivity contribution is -0.137. The Morgan fingerprint density at radius 1 is 1.32 bits per heavy atom. The Balaban J connectivity index is 1.85. The minimum absolute atomic E-state index is 0.222. The van der Waals surface area contributed by atoms with Gasteiger partial charge in [-0.1, -0.05) is 11.6 Å². The molecule has 0 saturated heterocycles. The van der Waals surface area contributed by atoms with Crippen molar-refractivity contribution in [3.63, 3.8) is 0 Å². The van der Waals surface area contributed by atoms with E-state index in [0.717, 1.165) is 19.6 Å². The molecule has 0 radical (unpaired) electrons. The van der Waals surface area contributed by atoms with Gasteiger partial charge in [0.2, 0.25) is 0 Å². The molecular weight excluding hydrogens is 240 g/mol. The molecule has 2 aromatic rings. The van der Waals surface area contributed by atoms with Gasteiger partial charge in [0.1, 0.15) is 0 Å². The number of aromatic nitrogens is 1. The van der Waals surface area contributed by atoms with E-state index in [2.05, 4.69) is 40.7 Å². The van der Waals surface area contributed by atoms with Crippen LogP contribution >= 0.6 is 0 Å². The molecule has 3 rings (SSSR count). The number of aliphatic carboxylic acids is 1. The molecule has 0 saturated carbocycles. The fraction of sp³-hybridized carbons (Fsp3) is 0.400. The lowest BCUT2D eigenvalue weighted by Gasteiger charge is -2.28. The second-order valence-electron chi connectivity index (χ2n) is 5.27. The van der Waals surface area contributed by atoms with Crippen molar-refractivity contribution in [2.45, 2.75) is 26.4 Å². The van der Waals surface area contributed by atoms with Crippen molar-refractivity contribution in [3.8, 4) is 0 Å². The van der Waals surface area contributed by atoms with Crippen molar-refractivity contribution in [2.24, 2.45) is 0 Å². The molecule has 1 aliphatic heterocycles. The maximum absolute atomic E-state index is 10.6. The SMILES string of the molecule is Cc1ccc2c(c1)cc1n2CCN(CCC(=O)O)C1. The number of carboxylic acids is 1. The molecule has 0 fully saturated rings. The van der Waals surface area contributed by atoms with Gasteiger partial charge in [0.05, 0.1) is 6.42 Å². The third-order valence-electron chi connectivity index (χ3n) is 3.81. The van der Waals surface area contributed by atoms with E-state index in [1.807, 2.05) is 0 Å². The predicted octanol–water partition coefficient (Wildman–Crippen LogP) is 2.24. The number of carboxylic acid groups (broad SMARTS) is 1. The summed E-state index contributed by atoms with van der Waals surface area (Å²) in [5.41, 5.74) is 3.86. The summed E-state index contributed by atoms with van der Waals surface area (Å²) in [6.07, 6.45) is 0.222. The normalized spacial score (nSPS) is 15.6. The maximum atomic E-state index is 10.6. The number of rotatable bonds is 3. The van der Waals surface area contributed by atoms with Gasteiger partial charge >= 0.3 is 5.97 Å². The molecule has 1 aliphatic rings. The molecule has 2 heterocycles. The number of carbonyl (C=O) groups is 1. The second-order valence-corrected chi connectivity index (χ2v) is 5.27. The van der Waals surface area contributed by atoms with Gasteiger partial charge in [-0.3, -0.25) is 9.69 Å². The number of nitrogens with zero attached hydrogens (tertiary/aromatic N) is 2. The summed E-state index contributed by atoms with van der Waals surface area (Å²) in [6.45, 7) is 5.46. The Hall–Kier alpha value is -1.81. The van der Waals surface area contributed by atoms with Crippen molar-refractivity contribution < 1.29 is 9.90 Å². The van der Waals surface area contributed by atoms with E-state index in [9.17, 15) is 4.79 Å². The van der Waals surface area contributed by atoms with Gasteiger partial charge in [-0.2, -0.15) is 0 Å². The predicted molar refractivity (Wildman–Crippen MR) is 74.2 cm³/mol. The molecule has 0 aliphatic carbocycles. The molecule has 1 N–H and O–H groups in total. The highest BCUT2D eigenvalue weighted by Gasteiger charge is 2.18. The van der Waals surface area contributed by atoms with E-state index in [4.69, 9.17) is 5.11 Å². The molecule has 0 spiro atoms. The smallest absolute Gasteiger partial charge is 0.304 e. The zero-order valence-electron chi connectivity index (χ0n) is 11.1. The lowest BCUT2D eigenvalue weighted by Crippen LogP contribution is -2.34. The van der Waals surface area contributed by atoms with Gasteiger partial charge in [0.25, 0.3) is 0 Å². The first-order valence-electron chi connectivity index (χ1n) is 6.66. The summed E-state index contributed by atoms with van der Waals surface area (Å²) < 4.78 is 2.35. The molecule has 1 aromatic carbocycles. The van der Waals surface area contributed by atoms with Crippen LogP contribution in [0.3, 0.4) is 0 Å². The van der Waals surface area contributed by atoms with Crippen LogP contribution in [0, 0.1) is 6.92 Å². The molecule has 0 atom stereocenters. The summed E-state index contributed by atoms with van der Waals surface area (Å²) in [5.74, 6) is -0.721. The van der Waals surface area contributed by atoms with Crippen LogP contribution in [0.4, 0.5) is 0 Å². The molecule has 0 amide bonds. The Labute approximate surface area is 112 Å². The van der Waals surface area contributed by atoms with Crippen LogP contribution in [0.15, 0.2) is 24.3 Å². The van der Waals surface area contributed by atoms with Crippen LogP contribution in [-0.2, 0) is 17.9 Å². The van der Waals surface area contributed by atoms with E-state index in [1.54, 1.807) is 0 Å². The Bertz CT molecular complexity index is 630. The van der Waals surface area contributed by atoms with Crippen LogP contribution in [0.2, 0.25) is 0 Å². The minimum atomic E-state index is -0.721. The Morgan fingerprint density at radius 2 is 2.16 bits per heavy atom. The summed E-state index contributed by atoms with van der Waals surface area (Å²) in [7, 11) is 0. The first-order valence-corrected chi connectivity index (χ1v) is 6.66. The molecule has 1 aromatic heterocycles. The van der Waals surface area contributed by atoms with E-state index >= 15 is 0 Å². The van der Waals surface area contributed by atoms with Crippen LogP contribution in [0.5, 0.6) is 0 Å². The van der Waals surface area contributed by atoms with Crippen molar-refractivity contribution in [1.29, 1.82) is 0 Å². The first kappa shape index (κ1) is 12.2. The van der Waals surface area contributed by atoms with Crippen LogP contribution in [0.25, 0.3) is 10.9 Å². The standard InChI is InChI=1S/C15H18N2O2/c1-11-2-3-14-12(8-11)9-13-10-16(5-4-15(18)19)6-7-17(13)14/h2-3,8-9H,4-7,10H2,1H3,(H,18,19). The van der Waals surface area contributed by atoms with Crippen molar-refractivity contribution in [2.75, 3.05) is 13.1 Å². The van der Waals surface area contributed by atoms with Gasteiger partial charge in [0, 0.05) is 42.8 Å². The van der Waals surface area contributed by atoms with E-state index in [1.165, 1.54) is 22.2 Å². The van der Waals surface area contributed by atoms with Crippen LogP contribution in [-0.4, -0.2) is 33.6 Å². The van der Waals surface area contributed by atoms with Crippen LogP contribution in [0.1, 0.15) is 17.7 Å². The van der Waals surface area contributed by atoms with Crippen LogP contribution < -0.4 is 0 Å². The summed E-state index contributed by atoms with van der Waals surface area (Å²) in [6, 6.07) is 8.77. The van der Waals surface area contributed by atoms with Crippen molar-refractivity contribution >= 4 is 16.9 Å². The van der Waals surface area contributed by atoms with Crippen molar-refractivity contribution in [3.05, 3.63) is 35.5 Å². The molecule has 4 heteroatoms. The number of hydrogen-bond donors (Lipinski definition) is 1. The van der Waals surface area contributed by atoms with Gasteiger partial charge in [-0.15, -0.1) is 0 Å². The quantitative estimate of drug-likeness (QED) is 0.918. The molecule has 4 nitrogen and oxygen atoms in total. The molecule has 0 unspecified atom stereocenters. The molecule has 0 bridgehead atoms. The van der Waals surface area contributed by atoms with Gasteiger partial charge in [0.15, 0.2) is 0 Å². The third-order valence-corrected chi connectivity index (χ3v) is 3.81. The number of aryl methyl sites for hydroxylation is 1. The number of hydrogen-bond acceptors (Lipinski definition) is 2. The Kier molecular flexibility index (Phi) is 3.03. The summed E-state index contributed by atoms with van der Waals surface area (Å²) in [5, 5.41) is 10.0. The fourth-order valence-corrected chi connectivity index (χ4v) is 2.84. The van der Waals surface area contributed by atoms with Gasteiger partial charge in [-0.25, -0.2) is 0 Å². The first-order chi connectivity index (χ1) is 9.13. The molecule has 100 valence electrons. The average Bonchev–Trinajstić information content (AvgIpc) is 2.72. The lowest BCUT2D eigenvalue weighted by atomic mass is 10.2.